The monoisotopic (exact) mass is 300 g/mol. The summed E-state index contributed by atoms with van der Waals surface area (Å²) in [6.07, 6.45) is -3.01. The molecule has 0 radical (unpaired) electrons. The smallest absolute Gasteiger partial charge is 0.477 e. The number of carboxylic acid groups (broad SMARTS) is 1. The lowest BCUT2D eigenvalue weighted by atomic mass is 10.3. The van der Waals surface area contributed by atoms with Crippen molar-refractivity contribution in [3.05, 3.63) is 52.7 Å². The largest absolute Gasteiger partial charge is 0.573 e. The number of ether oxygens (including phenoxy) is 1. The molecule has 1 aromatic carbocycles. The van der Waals surface area contributed by atoms with E-state index in [0.29, 0.717) is 0 Å². The summed E-state index contributed by atoms with van der Waals surface area (Å²) in [5.74, 6) is -2.02. The lowest BCUT2D eigenvalue weighted by Gasteiger charge is -2.11. The molecule has 0 aliphatic carbocycles. The summed E-state index contributed by atoms with van der Waals surface area (Å²) in [6.45, 7) is 0. The van der Waals surface area contributed by atoms with Crippen LogP contribution in [0.2, 0.25) is 0 Å². The molecule has 0 bridgehead atoms. The number of carbonyl (C=O) groups is 1. The average molecular weight is 300 g/mol. The Hall–Kier alpha value is -2.84. The Morgan fingerprint density at radius 3 is 2.67 bits per heavy atom. The van der Waals surface area contributed by atoms with E-state index in [0.717, 1.165) is 29.2 Å². The van der Waals surface area contributed by atoms with E-state index in [2.05, 4.69) is 9.72 Å². The molecular formula is C12H7F3N2O4. The number of nitrogens with zero attached hydrogens (tertiary/aromatic N) is 2. The van der Waals surface area contributed by atoms with Crippen molar-refractivity contribution in [1.29, 1.82) is 0 Å². The second-order valence-corrected chi connectivity index (χ2v) is 3.83. The minimum Gasteiger partial charge on any atom is -0.477 e. The van der Waals surface area contributed by atoms with Gasteiger partial charge in [-0.15, -0.1) is 13.2 Å². The first kappa shape index (κ1) is 14.6. The van der Waals surface area contributed by atoms with Crippen LogP contribution in [0.5, 0.6) is 5.75 Å². The molecule has 21 heavy (non-hydrogen) atoms. The van der Waals surface area contributed by atoms with E-state index in [4.69, 9.17) is 5.11 Å². The zero-order chi connectivity index (χ0) is 15.6. The van der Waals surface area contributed by atoms with Gasteiger partial charge < -0.3 is 9.84 Å². The minimum absolute atomic E-state index is 0.00245. The SMILES string of the molecule is O=C(O)c1cncn(-c2cccc(OC(F)(F)F)c2)c1=O. The van der Waals surface area contributed by atoms with Gasteiger partial charge in [-0.25, -0.2) is 9.78 Å². The quantitative estimate of drug-likeness (QED) is 0.935. The molecule has 1 N–H and O–H groups in total. The summed E-state index contributed by atoms with van der Waals surface area (Å²) in [6, 6.07) is 4.55. The molecule has 0 saturated heterocycles. The van der Waals surface area contributed by atoms with Crippen molar-refractivity contribution in [2.24, 2.45) is 0 Å². The Morgan fingerprint density at radius 1 is 1.33 bits per heavy atom. The topological polar surface area (TPSA) is 81.4 Å². The number of hydrogen-bond donors (Lipinski definition) is 1. The first-order valence-electron chi connectivity index (χ1n) is 5.44. The summed E-state index contributed by atoms with van der Waals surface area (Å²) in [4.78, 5) is 26.3. The molecular weight excluding hydrogens is 293 g/mol. The standard InChI is InChI=1S/C12H7F3N2O4/c13-12(14,15)21-8-3-1-2-7(4-8)17-6-16-5-9(10(17)18)11(19)20/h1-6H,(H,19,20). The van der Waals surface area contributed by atoms with E-state index in [1.54, 1.807) is 0 Å². The van der Waals surface area contributed by atoms with E-state index in [-0.39, 0.29) is 5.69 Å². The number of carboxylic acids is 1. The molecule has 6 nitrogen and oxygen atoms in total. The number of benzene rings is 1. The van der Waals surface area contributed by atoms with Gasteiger partial charge in [0.15, 0.2) is 0 Å². The predicted molar refractivity (Wildman–Crippen MR) is 63.5 cm³/mol. The van der Waals surface area contributed by atoms with Crippen LogP contribution < -0.4 is 10.3 Å². The van der Waals surface area contributed by atoms with Crippen molar-refractivity contribution >= 4 is 5.97 Å². The summed E-state index contributed by atoms with van der Waals surface area (Å²) in [7, 11) is 0. The van der Waals surface area contributed by atoms with Crippen molar-refractivity contribution < 1.29 is 27.8 Å². The summed E-state index contributed by atoms with van der Waals surface area (Å²) < 4.78 is 41.0. The van der Waals surface area contributed by atoms with Crippen molar-refractivity contribution in [3.63, 3.8) is 0 Å². The van der Waals surface area contributed by atoms with Gasteiger partial charge in [-0.1, -0.05) is 6.07 Å². The Morgan fingerprint density at radius 2 is 2.05 bits per heavy atom. The third-order valence-electron chi connectivity index (χ3n) is 2.39. The minimum atomic E-state index is -4.87. The van der Waals surface area contributed by atoms with E-state index < -0.39 is 29.2 Å². The van der Waals surface area contributed by atoms with Crippen LogP contribution in [0.15, 0.2) is 41.6 Å². The number of hydrogen-bond acceptors (Lipinski definition) is 4. The molecule has 9 heteroatoms. The number of alkyl halides is 3. The van der Waals surface area contributed by atoms with E-state index in [9.17, 15) is 22.8 Å². The fourth-order valence-corrected chi connectivity index (χ4v) is 1.57. The maximum Gasteiger partial charge on any atom is 0.573 e. The molecule has 0 aliphatic heterocycles. The molecule has 0 fully saturated rings. The summed E-state index contributed by atoms with van der Waals surface area (Å²) in [5.41, 5.74) is -1.52. The van der Waals surface area contributed by atoms with E-state index in [1.165, 1.54) is 12.1 Å². The molecule has 1 heterocycles. The highest BCUT2D eigenvalue weighted by Crippen LogP contribution is 2.24. The number of halogens is 3. The van der Waals surface area contributed by atoms with Crippen LogP contribution >= 0.6 is 0 Å². The highest BCUT2D eigenvalue weighted by atomic mass is 19.4. The Kier molecular flexibility index (Phi) is 3.66. The van der Waals surface area contributed by atoms with Gasteiger partial charge in [0, 0.05) is 12.3 Å². The Bertz CT molecular complexity index is 740. The van der Waals surface area contributed by atoms with Crippen molar-refractivity contribution in [2.75, 3.05) is 0 Å². The van der Waals surface area contributed by atoms with Crippen molar-refractivity contribution in [3.8, 4) is 11.4 Å². The fraction of sp³-hybridized carbons (Fsp3) is 0.0833. The maximum atomic E-state index is 12.1. The normalized spacial score (nSPS) is 11.2. The molecule has 0 spiro atoms. The van der Waals surface area contributed by atoms with Crippen molar-refractivity contribution in [2.45, 2.75) is 6.36 Å². The lowest BCUT2D eigenvalue weighted by Crippen LogP contribution is -2.25. The van der Waals surface area contributed by atoms with Gasteiger partial charge in [-0.2, -0.15) is 0 Å². The van der Waals surface area contributed by atoms with E-state index >= 15 is 0 Å². The first-order chi connectivity index (χ1) is 9.78. The molecule has 0 saturated carbocycles. The second kappa shape index (κ2) is 5.27. The first-order valence-corrected chi connectivity index (χ1v) is 5.44. The van der Waals surface area contributed by atoms with Gasteiger partial charge in [-0.05, 0) is 12.1 Å². The van der Waals surface area contributed by atoms with Crippen LogP contribution in [0.1, 0.15) is 10.4 Å². The number of rotatable bonds is 3. The van der Waals surface area contributed by atoms with Gasteiger partial charge in [0.2, 0.25) is 0 Å². The molecule has 0 atom stereocenters. The highest BCUT2D eigenvalue weighted by molar-refractivity contribution is 5.86. The third-order valence-corrected chi connectivity index (χ3v) is 2.39. The average Bonchev–Trinajstić information content (AvgIpc) is 2.36. The van der Waals surface area contributed by atoms with E-state index in [1.807, 2.05) is 0 Å². The molecule has 110 valence electrons. The van der Waals surface area contributed by atoms with Gasteiger partial charge in [0.1, 0.15) is 17.6 Å². The number of aromatic nitrogens is 2. The zero-order valence-electron chi connectivity index (χ0n) is 10.2. The van der Waals surface area contributed by atoms with Gasteiger partial charge in [0.25, 0.3) is 5.56 Å². The Balaban J connectivity index is 2.48. The second-order valence-electron chi connectivity index (χ2n) is 3.83. The van der Waals surface area contributed by atoms with Gasteiger partial charge in [-0.3, -0.25) is 9.36 Å². The molecule has 0 aliphatic rings. The summed E-state index contributed by atoms with van der Waals surface area (Å²) >= 11 is 0. The molecule has 1 aromatic heterocycles. The summed E-state index contributed by atoms with van der Waals surface area (Å²) in [5, 5.41) is 8.82. The third kappa shape index (κ3) is 3.38. The van der Waals surface area contributed by atoms with Crippen LogP contribution in [0, 0.1) is 0 Å². The predicted octanol–water partition coefficient (Wildman–Crippen LogP) is 1.83. The molecule has 2 rings (SSSR count). The van der Waals surface area contributed by atoms with Crippen LogP contribution in [0.4, 0.5) is 13.2 Å². The molecule has 2 aromatic rings. The highest BCUT2D eigenvalue weighted by Gasteiger charge is 2.31. The van der Waals surface area contributed by atoms with Crippen LogP contribution in [0.3, 0.4) is 0 Å². The lowest BCUT2D eigenvalue weighted by molar-refractivity contribution is -0.274. The van der Waals surface area contributed by atoms with Gasteiger partial charge in [0.05, 0.1) is 5.69 Å². The maximum absolute atomic E-state index is 12.1. The molecule has 0 amide bonds. The molecule has 0 unspecified atom stereocenters. The van der Waals surface area contributed by atoms with Crippen LogP contribution in [0.25, 0.3) is 5.69 Å². The van der Waals surface area contributed by atoms with Crippen LogP contribution in [-0.2, 0) is 0 Å². The van der Waals surface area contributed by atoms with Crippen molar-refractivity contribution in [1.82, 2.24) is 9.55 Å². The van der Waals surface area contributed by atoms with Crippen LogP contribution in [-0.4, -0.2) is 27.0 Å². The fourth-order valence-electron chi connectivity index (χ4n) is 1.57. The number of aromatic carboxylic acids is 1. The Labute approximate surface area is 115 Å². The zero-order valence-corrected chi connectivity index (χ0v) is 10.2. The van der Waals surface area contributed by atoms with Gasteiger partial charge >= 0.3 is 12.3 Å².